The summed E-state index contributed by atoms with van der Waals surface area (Å²) in [5.41, 5.74) is -0.996. The first kappa shape index (κ1) is 12.3. The van der Waals surface area contributed by atoms with Crippen LogP contribution < -0.4 is 0 Å². The van der Waals surface area contributed by atoms with Crippen molar-refractivity contribution in [1.29, 1.82) is 0 Å². The fourth-order valence-electron chi connectivity index (χ4n) is 1.63. The molecule has 1 saturated heterocycles. The average molecular weight is 270 g/mol. The fraction of sp³-hybridized carbons (Fsp3) is 0.333. The summed E-state index contributed by atoms with van der Waals surface area (Å²) in [6, 6.07) is 10.2. The normalized spacial score (nSPS) is 19.9. The zero-order valence-corrected chi connectivity index (χ0v) is 11.8. The number of hydrogen-bond donors (Lipinski definition) is 0. The van der Waals surface area contributed by atoms with Gasteiger partial charge >= 0.3 is 0 Å². The Morgan fingerprint density at radius 3 is 2.50 bits per heavy atom. The Kier molecular flexibility index (Phi) is 4.23. The molecule has 86 valence electrons. The van der Waals surface area contributed by atoms with Crippen molar-refractivity contribution in [2.45, 2.75) is 13.3 Å². The van der Waals surface area contributed by atoms with Gasteiger partial charge in [0.15, 0.2) is 0 Å². The van der Waals surface area contributed by atoms with Crippen LogP contribution in [0.4, 0.5) is 0 Å². The van der Waals surface area contributed by atoms with E-state index in [1.807, 2.05) is 18.2 Å². The summed E-state index contributed by atoms with van der Waals surface area (Å²) >= 11 is 3.29. The number of benzene rings is 1. The average Bonchev–Trinajstić information content (AvgIpc) is 2.75. The first-order chi connectivity index (χ1) is 7.74. The van der Waals surface area contributed by atoms with Gasteiger partial charge in [0.25, 0.3) is 0 Å². The molecule has 0 radical (unpaired) electrons. The van der Waals surface area contributed by atoms with Crippen LogP contribution >= 0.6 is 28.3 Å². The van der Waals surface area contributed by atoms with Gasteiger partial charge in [0.05, 0.1) is 0 Å². The van der Waals surface area contributed by atoms with Crippen molar-refractivity contribution in [2.75, 3.05) is 11.5 Å². The molecule has 1 aliphatic rings. The molecule has 0 spiro atoms. The van der Waals surface area contributed by atoms with Gasteiger partial charge in [-0.1, -0.05) is 60.0 Å². The number of rotatable bonds is 3. The number of hydrogen-bond acceptors (Lipinski definition) is 3. The summed E-state index contributed by atoms with van der Waals surface area (Å²) in [5.74, 6) is 2.04. The smallest absolute Gasteiger partial charge is 0.215 e. The lowest BCUT2D eigenvalue weighted by molar-refractivity contribution is 0.596. The molecule has 16 heavy (non-hydrogen) atoms. The van der Waals surface area contributed by atoms with Crippen LogP contribution in [0.5, 0.6) is 0 Å². The predicted molar refractivity (Wildman–Crippen MR) is 77.2 cm³/mol. The molecular weight excluding hydrogens is 255 g/mol. The molecule has 2 rings (SSSR count). The summed E-state index contributed by atoms with van der Waals surface area (Å²) in [7, 11) is 0. The fourth-order valence-corrected chi connectivity index (χ4v) is 10.9. The van der Waals surface area contributed by atoms with Crippen molar-refractivity contribution < 1.29 is 4.57 Å². The minimum atomic E-state index is -2.15. The molecule has 0 unspecified atom stereocenters. The highest BCUT2D eigenvalue weighted by Crippen LogP contribution is 2.78. The SMILES string of the molecule is CC/C(=C\c1ccccc1)P1(=O)SCCS1. The second-order valence-electron chi connectivity index (χ2n) is 3.56. The molecule has 0 N–H and O–H groups in total. The van der Waals surface area contributed by atoms with Gasteiger partial charge in [0.1, 0.15) is 0 Å². The molecule has 0 aliphatic carbocycles. The maximum atomic E-state index is 12.6. The van der Waals surface area contributed by atoms with Crippen LogP contribution in [0.3, 0.4) is 0 Å². The molecule has 4 heteroatoms. The van der Waals surface area contributed by atoms with Gasteiger partial charge in [-0.3, -0.25) is 4.57 Å². The van der Waals surface area contributed by atoms with Crippen LogP contribution in [0.2, 0.25) is 0 Å². The Morgan fingerprint density at radius 2 is 1.94 bits per heavy atom. The van der Waals surface area contributed by atoms with E-state index in [9.17, 15) is 4.57 Å². The third-order valence-corrected chi connectivity index (χ3v) is 11.8. The van der Waals surface area contributed by atoms with E-state index in [1.165, 1.54) is 0 Å². The van der Waals surface area contributed by atoms with E-state index in [0.717, 1.165) is 28.8 Å². The summed E-state index contributed by atoms with van der Waals surface area (Å²) in [6.07, 6.45) is 2.98. The van der Waals surface area contributed by atoms with Gasteiger partial charge in [0.2, 0.25) is 5.55 Å². The Labute approximate surface area is 105 Å². The highest BCUT2D eigenvalue weighted by Gasteiger charge is 2.32. The Hall–Kier alpha value is -0.110. The van der Waals surface area contributed by atoms with Crippen LogP contribution in [0, 0.1) is 0 Å². The van der Waals surface area contributed by atoms with Crippen LogP contribution in [-0.4, -0.2) is 11.5 Å². The molecule has 0 amide bonds. The van der Waals surface area contributed by atoms with Crippen LogP contribution in [0.25, 0.3) is 6.08 Å². The Morgan fingerprint density at radius 1 is 1.31 bits per heavy atom. The lowest BCUT2D eigenvalue weighted by Crippen LogP contribution is -1.78. The van der Waals surface area contributed by atoms with Gasteiger partial charge in [-0.2, -0.15) is 0 Å². The summed E-state index contributed by atoms with van der Waals surface area (Å²) in [5, 5.41) is 1.12. The van der Waals surface area contributed by atoms with E-state index in [1.54, 1.807) is 22.8 Å². The van der Waals surface area contributed by atoms with Crippen molar-refractivity contribution >= 4 is 34.4 Å². The molecule has 0 saturated carbocycles. The first-order valence-electron chi connectivity index (χ1n) is 5.40. The van der Waals surface area contributed by atoms with Crippen molar-refractivity contribution in [3.8, 4) is 0 Å². The molecule has 1 nitrogen and oxygen atoms in total. The maximum Gasteiger partial charge on any atom is 0.215 e. The highest BCUT2D eigenvalue weighted by atomic mass is 33.1. The minimum Gasteiger partial charge on any atom is -0.296 e. The topological polar surface area (TPSA) is 17.1 Å². The van der Waals surface area contributed by atoms with Gasteiger partial charge in [-0.15, -0.1) is 0 Å². The molecule has 1 aliphatic heterocycles. The quantitative estimate of drug-likeness (QED) is 0.710. The Balaban J connectivity index is 2.29. The molecule has 1 heterocycles. The molecular formula is C12H15OPS2. The summed E-state index contributed by atoms with van der Waals surface area (Å²) in [6.45, 7) is 2.09. The van der Waals surface area contributed by atoms with Crippen molar-refractivity contribution in [3.05, 3.63) is 41.2 Å². The van der Waals surface area contributed by atoms with Crippen LogP contribution in [0.1, 0.15) is 18.9 Å². The van der Waals surface area contributed by atoms with E-state index in [4.69, 9.17) is 0 Å². The van der Waals surface area contributed by atoms with Gasteiger partial charge in [0, 0.05) is 16.8 Å². The van der Waals surface area contributed by atoms with Crippen molar-refractivity contribution in [3.63, 3.8) is 0 Å². The largest absolute Gasteiger partial charge is 0.296 e. The van der Waals surface area contributed by atoms with E-state index in [0.29, 0.717) is 0 Å². The molecule has 1 aromatic rings. The van der Waals surface area contributed by atoms with Crippen molar-refractivity contribution in [2.24, 2.45) is 0 Å². The third-order valence-electron chi connectivity index (χ3n) is 2.45. The molecule has 0 atom stereocenters. The second-order valence-corrected chi connectivity index (χ2v) is 11.8. The van der Waals surface area contributed by atoms with Gasteiger partial charge < -0.3 is 0 Å². The van der Waals surface area contributed by atoms with E-state index < -0.39 is 5.55 Å². The standard InChI is InChI=1S/C12H15OPS2/c1-2-12(14(13)15-8-9-16-14)10-11-6-4-3-5-7-11/h3-7,10H,2,8-9H2,1H3/b12-10+. The lowest BCUT2D eigenvalue weighted by atomic mass is 10.2. The van der Waals surface area contributed by atoms with Gasteiger partial charge in [-0.05, 0) is 18.1 Å². The second kappa shape index (κ2) is 5.48. The maximum absolute atomic E-state index is 12.6. The van der Waals surface area contributed by atoms with E-state index >= 15 is 0 Å². The third kappa shape index (κ3) is 2.77. The molecule has 1 aromatic carbocycles. The molecule has 1 fully saturated rings. The van der Waals surface area contributed by atoms with E-state index in [-0.39, 0.29) is 0 Å². The zero-order chi connectivity index (χ0) is 11.4. The zero-order valence-electron chi connectivity index (χ0n) is 9.26. The lowest BCUT2D eigenvalue weighted by Gasteiger charge is -2.12. The molecule has 0 bridgehead atoms. The monoisotopic (exact) mass is 270 g/mol. The van der Waals surface area contributed by atoms with E-state index in [2.05, 4.69) is 25.1 Å². The Bertz CT molecular complexity index is 418. The molecule has 0 aromatic heterocycles. The number of allylic oxidation sites excluding steroid dienone is 1. The first-order valence-corrected chi connectivity index (χ1v) is 10.3. The summed E-state index contributed by atoms with van der Waals surface area (Å²) < 4.78 is 12.6. The van der Waals surface area contributed by atoms with Crippen LogP contribution in [-0.2, 0) is 4.57 Å². The minimum absolute atomic E-state index is 0.881. The summed E-state index contributed by atoms with van der Waals surface area (Å²) in [4.78, 5) is 0. The van der Waals surface area contributed by atoms with Crippen molar-refractivity contribution in [1.82, 2.24) is 0 Å². The highest BCUT2D eigenvalue weighted by molar-refractivity contribution is 8.93. The van der Waals surface area contributed by atoms with Gasteiger partial charge in [-0.25, -0.2) is 0 Å². The van der Waals surface area contributed by atoms with Crippen LogP contribution in [0.15, 0.2) is 35.6 Å². The predicted octanol–water partition coefficient (Wildman–Crippen LogP) is 5.11.